The van der Waals surface area contributed by atoms with Gasteiger partial charge < -0.3 is 10.8 Å². The highest BCUT2D eigenvalue weighted by atomic mass is 16.3. The zero-order chi connectivity index (χ0) is 6.43. The summed E-state index contributed by atoms with van der Waals surface area (Å²) in [5.74, 6) is 0.986. The fourth-order valence-electron chi connectivity index (χ4n) is 2.35. The van der Waals surface area contributed by atoms with Crippen molar-refractivity contribution in [1.82, 2.24) is 0 Å². The second-order valence-corrected chi connectivity index (χ2v) is 3.39. The Morgan fingerprint density at radius 1 is 1.33 bits per heavy atom. The molecule has 0 saturated heterocycles. The first kappa shape index (κ1) is 5.69. The van der Waals surface area contributed by atoms with Gasteiger partial charge in [0.25, 0.3) is 0 Å². The summed E-state index contributed by atoms with van der Waals surface area (Å²) in [6.07, 6.45) is 3.37. The predicted octanol–water partition coefficient (Wildman–Crippen LogP) is 0.104. The molecule has 3 N–H and O–H groups in total. The summed E-state index contributed by atoms with van der Waals surface area (Å²) >= 11 is 0. The summed E-state index contributed by atoms with van der Waals surface area (Å²) in [5, 5.41) is 9.42. The summed E-state index contributed by atoms with van der Waals surface area (Å²) < 4.78 is 0. The van der Waals surface area contributed by atoms with Gasteiger partial charge in [0.1, 0.15) is 0 Å². The van der Waals surface area contributed by atoms with Gasteiger partial charge in [0.2, 0.25) is 0 Å². The van der Waals surface area contributed by atoms with Crippen LogP contribution < -0.4 is 5.73 Å². The number of hydrogen-bond acceptors (Lipinski definition) is 2. The number of aliphatic hydroxyl groups is 1. The van der Waals surface area contributed by atoms with Gasteiger partial charge in [-0.15, -0.1) is 0 Å². The second kappa shape index (κ2) is 1.70. The quantitative estimate of drug-likeness (QED) is 0.485. The Labute approximate surface area is 55.1 Å². The molecule has 0 unspecified atom stereocenters. The molecule has 9 heavy (non-hydrogen) atoms. The Bertz CT molecular complexity index is 126. The third-order valence-electron chi connectivity index (χ3n) is 2.92. The van der Waals surface area contributed by atoms with Crippen molar-refractivity contribution in [3.8, 4) is 0 Å². The lowest BCUT2D eigenvalue weighted by Gasteiger charge is -2.15. The first-order valence-corrected chi connectivity index (χ1v) is 3.72. The zero-order valence-electron chi connectivity index (χ0n) is 5.46. The van der Waals surface area contributed by atoms with Crippen molar-refractivity contribution in [3.05, 3.63) is 0 Å². The number of nitrogens with two attached hydrogens (primary N) is 1. The summed E-state index contributed by atoms with van der Waals surface area (Å²) in [6.45, 7) is 0. The fourth-order valence-corrected chi connectivity index (χ4v) is 2.35. The van der Waals surface area contributed by atoms with Crippen LogP contribution in [0, 0.1) is 11.8 Å². The predicted molar refractivity (Wildman–Crippen MR) is 34.8 cm³/mol. The maximum absolute atomic E-state index is 9.42. The molecule has 0 radical (unpaired) electrons. The van der Waals surface area contributed by atoms with Crippen LogP contribution in [0.4, 0.5) is 0 Å². The molecule has 2 rings (SSSR count). The highest BCUT2D eigenvalue weighted by Gasteiger charge is 2.45. The van der Waals surface area contributed by atoms with Crippen LogP contribution in [-0.2, 0) is 0 Å². The van der Waals surface area contributed by atoms with Gasteiger partial charge in [-0.2, -0.15) is 0 Å². The van der Waals surface area contributed by atoms with Crippen LogP contribution in [-0.4, -0.2) is 17.3 Å². The molecule has 2 nitrogen and oxygen atoms in total. The highest BCUT2D eigenvalue weighted by molar-refractivity contribution is 4.98. The minimum atomic E-state index is -0.0556. The van der Waals surface area contributed by atoms with Gasteiger partial charge in [-0.3, -0.25) is 0 Å². The average molecular weight is 127 g/mol. The second-order valence-electron chi connectivity index (χ2n) is 3.39. The largest absolute Gasteiger partial charge is 0.392 e. The molecule has 2 saturated carbocycles. The lowest BCUT2D eigenvalue weighted by molar-refractivity contribution is 0.126. The molecular weight excluding hydrogens is 114 g/mol. The zero-order valence-corrected chi connectivity index (χ0v) is 5.46. The van der Waals surface area contributed by atoms with Crippen molar-refractivity contribution in [1.29, 1.82) is 0 Å². The van der Waals surface area contributed by atoms with Crippen LogP contribution in [0.1, 0.15) is 19.3 Å². The van der Waals surface area contributed by atoms with Crippen LogP contribution in [0.3, 0.4) is 0 Å². The van der Waals surface area contributed by atoms with E-state index in [-0.39, 0.29) is 6.10 Å². The van der Waals surface area contributed by atoms with Crippen LogP contribution in [0.25, 0.3) is 0 Å². The van der Waals surface area contributed by atoms with E-state index in [9.17, 15) is 5.11 Å². The lowest BCUT2D eigenvalue weighted by Crippen LogP contribution is -2.28. The molecule has 0 spiro atoms. The maximum atomic E-state index is 9.42. The summed E-state index contributed by atoms with van der Waals surface area (Å²) in [4.78, 5) is 0. The molecule has 0 aromatic carbocycles. The number of hydrogen-bond donors (Lipinski definition) is 2. The van der Waals surface area contributed by atoms with E-state index in [0.29, 0.717) is 17.9 Å². The highest BCUT2D eigenvalue weighted by Crippen LogP contribution is 2.43. The third kappa shape index (κ3) is 0.634. The van der Waals surface area contributed by atoms with E-state index >= 15 is 0 Å². The number of fused-ring (bicyclic) bond motifs is 2. The Hall–Kier alpha value is -0.0800. The molecular formula is C7H13NO. The van der Waals surface area contributed by atoms with Crippen LogP contribution in [0.15, 0.2) is 0 Å². The summed E-state index contributed by atoms with van der Waals surface area (Å²) in [5.41, 5.74) is 5.75. The van der Waals surface area contributed by atoms with Gasteiger partial charge in [-0.05, 0) is 25.2 Å². The van der Waals surface area contributed by atoms with Gasteiger partial charge in [0, 0.05) is 12.0 Å². The molecule has 0 aromatic rings. The van der Waals surface area contributed by atoms with Crippen molar-refractivity contribution in [3.63, 3.8) is 0 Å². The fraction of sp³-hybridized carbons (Fsp3) is 1.00. The van der Waals surface area contributed by atoms with Crippen molar-refractivity contribution in [2.45, 2.75) is 31.4 Å². The summed E-state index contributed by atoms with van der Waals surface area (Å²) in [6, 6.07) is 0.304. The molecule has 2 aliphatic carbocycles. The Morgan fingerprint density at radius 2 is 2.11 bits per heavy atom. The maximum Gasteiger partial charge on any atom is 0.0611 e. The Balaban J connectivity index is 2.16. The topological polar surface area (TPSA) is 46.2 Å². The lowest BCUT2D eigenvalue weighted by atomic mass is 9.96. The van der Waals surface area contributed by atoms with Gasteiger partial charge in [0.05, 0.1) is 6.10 Å². The molecule has 0 aliphatic heterocycles. The van der Waals surface area contributed by atoms with E-state index in [1.165, 1.54) is 6.42 Å². The minimum absolute atomic E-state index is 0.0556. The van der Waals surface area contributed by atoms with Crippen molar-refractivity contribution in [2.75, 3.05) is 0 Å². The average Bonchev–Trinajstić information content (AvgIpc) is 2.25. The molecule has 2 bridgehead atoms. The molecule has 2 heteroatoms. The van der Waals surface area contributed by atoms with E-state index in [0.717, 1.165) is 12.8 Å². The van der Waals surface area contributed by atoms with Crippen LogP contribution >= 0.6 is 0 Å². The summed E-state index contributed by atoms with van der Waals surface area (Å²) in [7, 11) is 0. The smallest absolute Gasteiger partial charge is 0.0611 e. The van der Waals surface area contributed by atoms with Crippen LogP contribution in [0.5, 0.6) is 0 Å². The van der Waals surface area contributed by atoms with E-state index < -0.39 is 0 Å². The molecule has 0 aromatic heterocycles. The SMILES string of the molecule is N[C@H]1C[C@H]2CC[C@H]1[C@@H]2O. The first-order valence-electron chi connectivity index (χ1n) is 3.72. The van der Waals surface area contributed by atoms with Gasteiger partial charge in [0.15, 0.2) is 0 Å². The van der Waals surface area contributed by atoms with E-state index in [2.05, 4.69) is 0 Å². The minimum Gasteiger partial charge on any atom is -0.392 e. The molecule has 0 amide bonds. The standard InChI is InChI=1S/C7H13NO/c8-6-3-4-1-2-5(6)7(4)9/h4-7,9H,1-3,8H2/t4-,5-,6+,7-/m1/s1. The van der Waals surface area contributed by atoms with Gasteiger partial charge in [-0.25, -0.2) is 0 Å². The molecule has 2 fully saturated rings. The van der Waals surface area contributed by atoms with E-state index in [1.807, 2.05) is 0 Å². The third-order valence-corrected chi connectivity index (χ3v) is 2.92. The normalized spacial score (nSPS) is 56.7. The first-order chi connectivity index (χ1) is 4.29. The molecule has 4 atom stereocenters. The molecule has 52 valence electrons. The van der Waals surface area contributed by atoms with E-state index in [1.54, 1.807) is 0 Å². The van der Waals surface area contributed by atoms with Crippen molar-refractivity contribution < 1.29 is 5.11 Å². The Kier molecular flexibility index (Phi) is 1.08. The van der Waals surface area contributed by atoms with Crippen molar-refractivity contribution in [2.24, 2.45) is 17.6 Å². The molecule has 2 aliphatic rings. The Morgan fingerprint density at radius 3 is 2.33 bits per heavy atom. The number of rotatable bonds is 0. The van der Waals surface area contributed by atoms with Gasteiger partial charge >= 0.3 is 0 Å². The monoisotopic (exact) mass is 127 g/mol. The van der Waals surface area contributed by atoms with Gasteiger partial charge in [-0.1, -0.05) is 0 Å². The van der Waals surface area contributed by atoms with E-state index in [4.69, 9.17) is 5.73 Å². The van der Waals surface area contributed by atoms with Crippen molar-refractivity contribution >= 4 is 0 Å². The molecule has 0 heterocycles. The number of aliphatic hydroxyl groups excluding tert-OH is 1. The van der Waals surface area contributed by atoms with Crippen LogP contribution in [0.2, 0.25) is 0 Å².